The number of amides is 1. The molecule has 0 aromatic heterocycles. The third-order valence-electron chi connectivity index (χ3n) is 4.18. The van der Waals surface area contributed by atoms with Crippen molar-refractivity contribution in [2.75, 3.05) is 37.8 Å². The molecule has 1 heterocycles. The maximum atomic E-state index is 11.9. The van der Waals surface area contributed by atoms with Crippen LogP contribution in [0.4, 0.5) is 5.69 Å². The van der Waals surface area contributed by atoms with E-state index in [2.05, 4.69) is 43.5 Å². The van der Waals surface area contributed by atoms with Crippen molar-refractivity contribution >= 4 is 33.2 Å². The van der Waals surface area contributed by atoms with Crippen LogP contribution in [0.3, 0.4) is 0 Å². The molecule has 0 spiro atoms. The lowest BCUT2D eigenvalue weighted by atomic mass is 10.1. The number of hydrazone groups is 1. The molecule has 1 amide bonds. The average molecular weight is 432 g/mol. The van der Waals surface area contributed by atoms with Gasteiger partial charge in [-0.2, -0.15) is 5.10 Å². The highest BCUT2D eigenvalue weighted by Gasteiger charge is 2.11. The van der Waals surface area contributed by atoms with Crippen molar-refractivity contribution in [2.24, 2.45) is 5.10 Å². The predicted molar refractivity (Wildman–Crippen MR) is 109 cm³/mol. The first kappa shape index (κ1) is 19.4. The Hall–Kier alpha value is -2.38. The number of ether oxygens (including phenoxy) is 2. The van der Waals surface area contributed by atoms with E-state index in [4.69, 9.17) is 9.47 Å². The van der Waals surface area contributed by atoms with Gasteiger partial charge in [0, 0.05) is 23.2 Å². The maximum Gasteiger partial charge on any atom is 0.277 e. The molecule has 6 nitrogen and oxygen atoms in total. The van der Waals surface area contributed by atoms with Gasteiger partial charge in [-0.3, -0.25) is 4.79 Å². The van der Waals surface area contributed by atoms with Gasteiger partial charge in [0.05, 0.1) is 18.9 Å². The second kappa shape index (κ2) is 9.53. The minimum absolute atomic E-state index is 0.0940. The Balaban J connectivity index is 1.51. The van der Waals surface area contributed by atoms with Gasteiger partial charge in [-0.25, -0.2) is 5.43 Å². The largest absolute Gasteiger partial charge is 0.484 e. The molecule has 0 radical (unpaired) electrons. The van der Waals surface area contributed by atoms with Crippen molar-refractivity contribution in [1.29, 1.82) is 0 Å². The summed E-state index contributed by atoms with van der Waals surface area (Å²) < 4.78 is 11.7. The van der Waals surface area contributed by atoms with Crippen LogP contribution in [0, 0.1) is 0 Å². The Morgan fingerprint density at radius 2 is 1.96 bits per heavy atom. The summed E-state index contributed by atoms with van der Waals surface area (Å²) in [6, 6.07) is 15.5. The predicted octanol–water partition coefficient (Wildman–Crippen LogP) is 3.20. The first-order chi connectivity index (χ1) is 13.1. The van der Waals surface area contributed by atoms with Crippen LogP contribution >= 0.6 is 15.9 Å². The molecule has 1 N–H and O–H groups in total. The van der Waals surface area contributed by atoms with Crippen molar-refractivity contribution in [2.45, 2.75) is 6.92 Å². The third kappa shape index (κ3) is 5.80. The van der Waals surface area contributed by atoms with Gasteiger partial charge in [-0.15, -0.1) is 0 Å². The van der Waals surface area contributed by atoms with Gasteiger partial charge in [0.15, 0.2) is 6.61 Å². The number of anilines is 1. The SMILES string of the molecule is CC(=NNC(=O)COc1cccc(Br)c1)c1ccc(N2CCOCC2)cc1. The van der Waals surface area contributed by atoms with Crippen LogP contribution < -0.4 is 15.1 Å². The van der Waals surface area contributed by atoms with Crippen molar-refractivity contribution in [3.8, 4) is 5.75 Å². The normalized spacial score (nSPS) is 14.7. The van der Waals surface area contributed by atoms with Gasteiger partial charge in [0.1, 0.15) is 5.75 Å². The zero-order chi connectivity index (χ0) is 19.1. The number of rotatable bonds is 6. The fourth-order valence-corrected chi connectivity index (χ4v) is 3.06. The van der Waals surface area contributed by atoms with Gasteiger partial charge in [-0.05, 0) is 42.8 Å². The second-order valence-electron chi connectivity index (χ2n) is 6.12. The molecule has 3 rings (SSSR count). The zero-order valence-electron chi connectivity index (χ0n) is 15.2. The van der Waals surface area contributed by atoms with Crippen LogP contribution in [0.15, 0.2) is 58.1 Å². The summed E-state index contributed by atoms with van der Waals surface area (Å²) in [5.41, 5.74) is 5.39. The van der Waals surface area contributed by atoms with E-state index >= 15 is 0 Å². The van der Waals surface area contributed by atoms with Crippen LogP contribution in [0.2, 0.25) is 0 Å². The van der Waals surface area contributed by atoms with Crippen LogP contribution in [0.5, 0.6) is 5.75 Å². The smallest absolute Gasteiger partial charge is 0.277 e. The summed E-state index contributed by atoms with van der Waals surface area (Å²) in [6.07, 6.45) is 0. The Morgan fingerprint density at radius 1 is 1.22 bits per heavy atom. The summed E-state index contributed by atoms with van der Waals surface area (Å²) in [4.78, 5) is 14.2. The number of nitrogens with zero attached hydrogens (tertiary/aromatic N) is 2. The number of halogens is 1. The Morgan fingerprint density at radius 3 is 2.67 bits per heavy atom. The van der Waals surface area contributed by atoms with E-state index in [-0.39, 0.29) is 12.5 Å². The monoisotopic (exact) mass is 431 g/mol. The molecule has 1 saturated heterocycles. The molecular formula is C20H22BrN3O3. The fraction of sp³-hybridized carbons (Fsp3) is 0.300. The number of carbonyl (C=O) groups is 1. The molecule has 7 heteroatoms. The lowest BCUT2D eigenvalue weighted by Gasteiger charge is -2.28. The van der Waals surface area contributed by atoms with Crippen molar-refractivity contribution < 1.29 is 14.3 Å². The van der Waals surface area contributed by atoms with Crippen molar-refractivity contribution in [3.63, 3.8) is 0 Å². The molecule has 0 unspecified atom stereocenters. The van der Waals surface area contributed by atoms with Crippen molar-refractivity contribution in [3.05, 3.63) is 58.6 Å². The van der Waals surface area contributed by atoms with Crippen LogP contribution in [-0.2, 0) is 9.53 Å². The lowest BCUT2D eigenvalue weighted by Crippen LogP contribution is -2.36. The standard InChI is InChI=1S/C20H22BrN3O3/c1-15(16-5-7-18(8-6-16)24-9-11-26-12-10-24)22-23-20(25)14-27-19-4-2-3-17(21)13-19/h2-8,13H,9-12,14H2,1H3,(H,23,25). The van der Waals surface area contributed by atoms with Gasteiger partial charge >= 0.3 is 0 Å². The zero-order valence-corrected chi connectivity index (χ0v) is 16.7. The Bertz CT molecular complexity index is 802. The second-order valence-corrected chi connectivity index (χ2v) is 7.04. The molecule has 0 saturated carbocycles. The van der Waals surface area contributed by atoms with E-state index in [1.807, 2.05) is 31.2 Å². The van der Waals surface area contributed by atoms with E-state index in [1.54, 1.807) is 12.1 Å². The van der Waals surface area contributed by atoms with E-state index in [0.717, 1.165) is 42.1 Å². The van der Waals surface area contributed by atoms with Crippen LogP contribution in [-0.4, -0.2) is 44.5 Å². The highest BCUT2D eigenvalue weighted by Crippen LogP contribution is 2.18. The average Bonchev–Trinajstić information content (AvgIpc) is 2.71. The lowest BCUT2D eigenvalue weighted by molar-refractivity contribution is -0.123. The van der Waals surface area contributed by atoms with Gasteiger partial charge < -0.3 is 14.4 Å². The number of carbonyl (C=O) groups excluding carboxylic acids is 1. The number of nitrogens with one attached hydrogen (secondary N) is 1. The molecule has 1 fully saturated rings. The Kier molecular flexibility index (Phi) is 6.84. The summed E-state index contributed by atoms with van der Waals surface area (Å²) in [5.74, 6) is 0.318. The maximum absolute atomic E-state index is 11.9. The topological polar surface area (TPSA) is 63.2 Å². The van der Waals surface area contributed by atoms with Gasteiger partial charge in [0.25, 0.3) is 5.91 Å². The number of morpholine rings is 1. The molecule has 2 aromatic carbocycles. The quantitative estimate of drug-likeness (QED) is 0.563. The van der Waals surface area contributed by atoms with E-state index in [9.17, 15) is 4.79 Å². The van der Waals surface area contributed by atoms with E-state index in [0.29, 0.717) is 5.75 Å². The number of benzene rings is 2. The van der Waals surface area contributed by atoms with Gasteiger partial charge in [0.2, 0.25) is 0 Å². The molecule has 142 valence electrons. The molecular weight excluding hydrogens is 410 g/mol. The molecule has 0 aliphatic carbocycles. The van der Waals surface area contributed by atoms with Crippen LogP contribution in [0.25, 0.3) is 0 Å². The molecule has 2 aromatic rings. The number of hydrogen-bond donors (Lipinski definition) is 1. The highest BCUT2D eigenvalue weighted by atomic mass is 79.9. The first-order valence-electron chi connectivity index (χ1n) is 8.76. The minimum Gasteiger partial charge on any atom is -0.484 e. The summed E-state index contributed by atoms with van der Waals surface area (Å²) in [7, 11) is 0. The highest BCUT2D eigenvalue weighted by molar-refractivity contribution is 9.10. The van der Waals surface area contributed by atoms with Crippen molar-refractivity contribution in [1.82, 2.24) is 5.43 Å². The van der Waals surface area contributed by atoms with E-state index < -0.39 is 0 Å². The summed E-state index contributed by atoms with van der Waals surface area (Å²) >= 11 is 3.36. The minimum atomic E-state index is -0.306. The molecule has 0 bridgehead atoms. The van der Waals surface area contributed by atoms with Crippen LogP contribution in [0.1, 0.15) is 12.5 Å². The summed E-state index contributed by atoms with van der Waals surface area (Å²) in [5, 5.41) is 4.16. The first-order valence-corrected chi connectivity index (χ1v) is 9.56. The molecule has 1 aliphatic rings. The van der Waals surface area contributed by atoms with E-state index in [1.165, 1.54) is 5.69 Å². The fourth-order valence-electron chi connectivity index (χ4n) is 2.68. The molecule has 0 atom stereocenters. The summed E-state index contributed by atoms with van der Waals surface area (Å²) in [6.45, 7) is 5.09. The van der Waals surface area contributed by atoms with Gasteiger partial charge in [-0.1, -0.05) is 34.1 Å². The molecule has 27 heavy (non-hydrogen) atoms. The third-order valence-corrected chi connectivity index (χ3v) is 4.67. The number of hydrogen-bond acceptors (Lipinski definition) is 5. The Labute approximate surface area is 167 Å². The molecule has 1 aliphatic heterocycles.